The summed E-state index contributed by atoms with van der Waals surface area (Å²) in [6.07, 6.45) is 4.30. The molecule has 0 amide bonds. The summed E-state index contributed by atoms with van der Waals surface area (Å²) in [6.45, 7) is 10.2. The molecule has 5 aromatic rings. The van der Waals surface area contributed by atoms with Crippen molar-refractivity contribution in [2.45, 2.75) is 51.5 Å². The standard InChI is InChI=1S/C25H29I2NO3.C12H11ClN2O5S/c1-4-7-11-22-23(18-10-8-9-12-21(18)31-22)24(29)17-15-19(26)25(20(27)16-17)30-14-13-28(5-2)6-3;13-9-5-10(15-6-7-2-1-3-20-7)8(12(16)17)4-11(9)21(14,18)19/h8-10,12,15-16H,4-7,11,13-14H2,1-3H3;1-5,15H,6H2,(H,16,17)(H2,14,18,19). The van der Waals surface area contributed by atoms with Crippen molar-refractivity contribution < 1.29 is 36.7 Å². The third kappa shape index (κ3) is 10.7. The molecular weight excluding hydrogens is 936 g/mol. The van der Waals surface area contributed by atoms with E-state index in [0.29, 0.717) is 23.5 Å². The molecule has 0 radical (unpaired) electrons. The number of fused-ring (bicyclic) bond motifs is 1. The van der Waals surface area contributed by atoms with E-state index in [1.807, 2.05) is 36.4 Å². The summed E-state index contributed by atoms with van der Waals surface area (Å²) in [5, 5.41) is 17.7. The highest BCUT2D eigenvalue weighted by Crippen LogP contribution is 2.34. The van der Waals surface area contributed by atoms with Crippen molar-refractivity contribution in [3.8, 4) is 5.75 Å². The highest BCUT2D eigenvalue weighted by Gasteiger charge is 2.24. The molecule has 0 spiro atoms. The van der Waals surface area contributed by atoms with Crippen LogP contribution in [0.4, 0.5) is 5.69 Å². The number of carbonyl (C=O) groups excluding carboxylic acids is 1. The summed E-state index contributed by atoms with van der Waals surface area (Å²) in [5.41, 5.74) is 2.06. The number of benzene rings is 3. The van der Waals surface area contributed by atoms with E-state index in [1.165, 1.54) is 12.3 Å². The van der Waals surface area contributed by atoms with Gasteiger partial charge in [-0.25, -0.2) is 18.4 Å². The number of ether oxygens (including phenoxy) is 1. The Labute approximate surface area is 335 Å². The van der Waals surface area contributed by atoms with Crippen LogP contribution in [0.1, 0.15) is 71.4 Å². The second kappa shape index (κ2) is 19.3. The van der Waals surface area contributed by atoms with Gasteiger partial charge in [-0.3, -0.25) is 4.79 Å². The highest BCUT2D eigenvalue weighted by atomic mass is 127. The van der Waals surface area contributed by atoms with Crippen molar-refractivity contribution in [3.05, 3.63) is 107 Å². The quantitative estimate of drug-likeness (QED) is 0.0643. The smallest absolute Gasteiger partial charge is 0.337 e. The van der Waals surface area contributed by atoms with Gasteiger partial charge >= 0.3 is 5.97 Å². The fraction of sp³-hybridized carbons (Fsp3) is 0.297. The van der Waals surface area contributed by atoms with Crippen LogP contribution in [0.5, 0.6) is 5.75 Å². The van der Waals surface area contributed by atoms with E-state index in [-0.39, 0.29) is 28.6 Å². The molecule has 52 heavy (non-hydrogen) atoms. The number of para-hydroxylation sites is 1. The lowest BCUT2D eigenvalue weighted by Crippen LogP contribution is -2.28. The molecule has 2 heterocycles. The van der Waals surface area contributed by atoms with Gasteiger partial charge in [-0.1, -0.05) is 57.0 Å². The number of ketones is 1. The predicted molar refractivity (Wildman–Crippen MR) is 219 cm³/mol. The maximum atomic E-state index is 13.6. The maximum Gasteiger partial charge on any atom is 0.337 e. The number of rotatable bonds is 16. The predicted octanol–water partition coefficient (Wildman–Crippen LogP) is 8.83. The van der Waals surface area contributed by atoms with E-state index in [0.717, 1.165) is 74.6 Å². The van der Waals surface area contributed by atoms with E-state index in [2.05, 4.69) is 76.2 Å². The molecule has 5 rings (SSSR count). The van der Waals surface area contributed by atoms with Gasteiger partial charge in [0.05, 0.1) is 41.8 Å². The zero-order chi connectivity index (χ0) is 38.0. The molecule has 4 N–H and O–H groups in total. The summed E-state index contributed by atoms with van der Waals surface area (Å²) < 4.78 is 41.9. The number of hydrogen-bond acceptors (Lipinski definition) is 9. The maximum absolute atomic E-state index is 13.6. The summed E-state index contributed by atoms with van der Waals surface area (Å²) in [5.74, 6) is 0.934. The molecule has 0 aliphatic heterocycles. The topological polar surface area (TPSA) is 165 Å². The molecule has 0 bridgehead atoms. The van der Waals surface area contributed by atoms with Crippen molar-refractivity contribution in [1.82, 2.24) is 4.90 Å². The molecule has 0 unspecified atom stereocenters. The Hall–Kier alpha value is -3.16. The monoisotopic (exact) mass is 975 g/mol. The zero-order valence-corrected chi connectivity index (χ0v) is 34.8. The number of likely N-dealkylation sites (N-methyl/N-ethyl adjacent to an activating group) is 1. The number of unbranched alkanes of at least 4 members (excludes halogenated alkanes) is 1. The van der Waals surface area contributed by atoms with Gasteiger partial charge in [-0.15, -0.1) is 0 Å². The van der Waals surface area contributed by atoms with Crippen molar-refractivity contribution in [3.63, 3.8) is 0 Å². The van der Waals surface area contributed by atoms with Gasteiger partial charge in [0.2, 0.25) is 10.0 Å². The first-order valence-corrected chi connectivity index (χ1v) is 20.6. The number of aromatic carboxylic acids is 1. The van der Waals surface area contributed by atoms with Gasteiger partial charge in [-0.05, 0) is 107 Å². The molecule has 0 aliphatic rings. The van der Waals surface area contributed by atoms with Crippen LogP contribution in [0, 0.1) is 7.14 Å². The van der Waals surface area contributed by atoms with Crippen molar-refractivity contribution in [2.75, 3.05) is 31.6 Å². The lowest BCUT2D eigenvalue weighted by atomic mass is 9.98. The van der Waals surface area contributed by atoms with Crippen LogP contribution in [-0.2, 0) is 23.0 Å². The molecule has 0 atom stereocenters. The number of furan rings is 2. The largest absolute Gasteiger partial charge is 0.490 e. The van der Waals surface area contributed by atoms with Gasteiger partial charge in [-0.2, -0.15) is 0 Å². The van der Waals surface area contributed by atoms with Crippen LogP contribution in [0.15, 0.2) is 80.7 Å². The van der Waals surface area contributed by atoms with Gasteiger partial charge in [0.1, 0.15) is 34.4 Å². The summed E-state index contributed by atoms with van der Waals surface area (Å²) >= 11 is 10.4. The van der Waals surface area contributed by atoms with Crippen LogP contribution >= 0.6 is 56.8 Å². The minimum absolute atomic E-state index is 0.0153. The molecule has 15 heteroatoms. The first-order chi connectivity index (χ1) is 24.8. The van der Waals surface area contributed by atoms with E-state index in [9.17, 15) is 18.0 Å². The number of carboxylic acids is 1. The molecule has 2 aromatic heterocycles. The minimum atomic E-state index is -4.11. The number of sulfonamides is 1. The normalized spacial score (nSPS) is 11.4. The van der Waals surface area contributed by atoms with Crippen LogP contribution in [0.3, 0.4) is 0 Å². The van der Waals surface area contributed by atoms with Crippen LogP contribution in [0.2, 0.25) is 5.02 Å². The first-order valence-electron chi connectivity index (χ1n) is 16.5. The SMILES string of the molecule is CCCCc1oc2ccccc2c1C(=O)c1cc(I)c(OCCN(CC)CC)c(I)c1.NS(=O)(=O)c1cc(C(=O)O)c(NCc2ccco2)cc1Cl. The van der Waals surface area contributed by atoms with Gasteiger partial charge < -0.3 is 28.9 Å². The second-order valence-electron chi connectivity index (χ2n) is 11.6. The fourth-order valence-electron chi connectivity index (χ4n) is 5.34. The number of carboxylic acid groups (broad SMARTS) is 1. The van der Waals surface area contributed by atoms with Crippen molar-refractivity contribution in [2.24, 2.45) is 5.14 Å². The molecule has 0 fully saturated rings. The lowest BCUT2D eigenvalue weighted by Gasteiger charge is -2.19. The number of nitrogens with two attached hydrogens (primary N) is 1. The number of hydrogen-bond donors (Lipinski definition) is 3. The Morgan fingerprint density at radius 1 is 1.02 bits per heavy atom. The fourth-order valence-corrected chi connectivity index (χ4v) is 8.52. The van der Waals surface area contributed by atoms with E-state index >= 15 is 0 Å². The molecule has 0 saturated heterocycles. The minimum Gasteiger partial charge on any atom is -0.490 e. The molecule has 11 nitrogen and oxygen atoms in total. The number of nitrogens with one attached hydrogen (secondary N) is 1. The number of nitrogens with zero attached hydrogens (tertiary/aromatic N) is 1. The van der Waals surface area contributed by atoms with Crippen molar-refractivity contribution in [1.29, 1.82) is 0 Å². The first kappa shape index (κ1) is 41.6. The number of primary sulfonamides is 1. The Morgan fingerprint density at radius 3 is 2.31 bits per heavy atom. The average molecular weight is 976 g/mol. The van der Waals surface area contributed by atoms with Crippen LogP contribution in [0.25, 0.3) is 11.0 Å². The second-order valence-corrected chi connectivity index (χ2v) is 15.8. The highest BCUT2D eigenvalue weighted by molar-refractivity contribution is 14.1. The van der Waals surface area contributed by atoms with E-state index in [4.69, 9.17) is 35.4 Å². The summed E-state index contributed by atoms with van der Waals surface area (Å²) in [4.78, 5) is 26.7. The van der Waals surface area contributed by atoms with Crippen molar-refractivity contribution >= 4 is 95.2 Å². The Bertz CT molecular complexity index is 2090. The molecule has 3 aromatic carbocycles. The zero-order valence-electron chi connectivity index (χ0n) is 28.9. The third-order valence-electron chi connectivity index (χ3n) is 8.10. The average Bonchev–Trinajstić information content (AvgIpc) is 3.76. The summed E-state index contributed by atoms with van der Waals surface area (Å²) in [6, 6.07) is 17.2. The number of aryl methyl sites for hydroxylation is 1. The molecule has 0 aliphatic carbocycles. The lowest BCUT2D eigenvalue weighted by molar-refractivity contribution is 0.0697. The van der Waals surface area contributed by atoms with E-state index < -0.39 is 20.9 Å². The summed E-state index contributed by atoms with van der Waals surface area (Å²) in [7, 11) is -4.11. The number of carbonyl (C=O) groups is 2. The Balaban J connectivity index is 0.000000251. The third-order valence-corrected chi connectivity index (χ3v) is 11.1. The Morgan fingerprint density at radius 2 is 1.71 bits per heavy atom. The van der Waals surface area contributed by atoms with Gasteiger partial charge in [0.25, 0.3) is 0 Å². The number of anilines is 1. The molecule has 278 valence electrons. The molecule has 0 saturated carbocycles. The molecular formula is C37H40ClI2N3O8S. The van der Waals surface area contributed by atoms with E-state index in [1.54, 1.807) is 12.1 Å². The van der Waals surface area contributed by atoms with Crippen LogP contribution < -0.4 is 15.2 Å². The van der Waals surface area contributed by atoms with Crippen LogP contribution in [-0.4, -0.2) is 56.4 Å². The van der Waals surface area contributed by atoms with Gasteiger partial charge in [0.15, 0.2) is 5.78 Å². The Kier molecular flexibility index (Phi) is 15.4. The number of halogens is 3. The van der Waals surface area contributed by atoms with Gasteiger partial charge in [0, 0.05) is 23.9 Å².